The average Bonchev–Trinajstić information content (AvgIpc) is 2.33. The van der Waals surface area contributed by atoms with Gasteiger partial charge in [-0.1, -0.05) is 23.9 Å². The van der Waals surface area contributed by atoms with Gasteiger partial charge in [0, 0.05) is 9.79 Å². The maximum atomic E-state index is 12.7. The highest BCUT2D eigenvalue weighted by Gasteiger charge is 2.27. The molecule has 0 aliphatic heterocycles. The van der Waals surface area contributed by atoms with Crippen molar-refractivity contribution in [2.24, 2.45) is 0 Å². The van der Waals surface area contributed by atoms with Crippen LogP contribution in [0, 0.1) is 5.82 Å². The molecule has 0 amide bonds. The van der Waals surface area contributed by atoms with Crippen LogP contribution in [0.1, 0.15) is 5.56 Å². The zero-order valence-electron chi connectivity index (χ0n) is 9.75. The minimum Gasteiger partial charge on any atom is -0.207 e. The Morgan fingerprint density at radius 3 is 1.74 bits per heavy atom. The summed E-state index contributed by atoms with van der Waals surface area (Å²) in [5.41, 5.74) is 0.232. The summed E-state index contributed by atoms with van der Waals surface area (Å²) >= 11 is 1.38. The second-order valence-corrected chi connectivity index (χ2v) is 5.14. The summed E-state index contributed by atoms with van der Waals surface area (Å²) in [5, 5.41) is 0. The van der Waals surface area contributed by atoms with E-state index in [1.165, 1.54) is 36.0 Å². The van der Waals surface area contributed by atoms with E-state index in [9.17, 15) is 17.6 Å². The van der Waals surface area contributed by atoms with Crippen molar-refractivity contribution in [2.75, 3.05) is 0 Å². The largest absolute Gasteiger partial charge is 0.393 e. The molecule has 0 aliphatic carbocycles. The fourth-order valence-electron chi connectivity index (χ4n) is 1.55. The second kappa shape index (κ2) is 5.65. The van der Waals surface area contributed by atoms with Crippen LogP contribution in [0.5, 0.6) is 0 Å². The van der Waals surface area contributed by atoms with E-state index in [2.05, 4.69) is 0 Å². The van der Waals surface area contributed by atoms with Gasteiger partial charge >= 0.3 is 6.18 Å². The van der Waals surface area contributed by atoms with Gasteiger partial charge in [-0.25, -0.2) is 4.39 Å². The van der Waals surface area contributed by atoms with Crippen molar-refractivity contribution in [3.63, 3.8) is 0 Å². The van der Waals surface area contributed by atoms with Crippen molar-refractivity contribution in [2.45, 2.75) is 22.4 Å². The Labute approximate surface area is 112 Å². The van der Waals surface area contributed by atoms with Crippen LogP contribution in [0.4, 0.5) is 17.6 Å². The molecule has 0 nitrogen and oxygen atoms in total. The van der Waals surface area contributed by atoms with Crippen molar-refractivity contribution < 1.29 is 17.6 Å². The molecule has 0 unspecified atom stereocenters. The monoisotopic (exact) mass is 286 g/mol. The fourth-order valence-corrected chi connectivity index (χ4v) is 2.36. The lowest BCUT2D eigenvalue weighted by molar-refractivity contribution is -0.127. The van der Waals surface area contributed by atoms with E-state index in [0.29, 0.717) is 0 Å². The molecule has 0 saturated heterocycles. The molecule has 0 bridgehead atoms. The Morgan fingerprint density at radius 2 is 1.26 bits per heavy atom. The summed E-state index contributed by atoms with van der Waals surface area (Å²) in [4.78, 5) is 1.66. The van der Waals surface area contributed by atoms with Gasteiger partial charge in [-0.2, -0.15) is 13.2 Å². The van der Waals surface area contributed by atoms with Crippen LogP contribution in [0.3, 0.4) is 0 Å². The van der Waals surface area contributed by atoms with E-state index in [0.717, 1.165) is 9.79 Å². The summed E-state index contributed by atoms with van der Waals surface area (Å²) in [6.45, 7) is 0. The number of hydrogen-bond donors (Lipinski definition) is 0. The summed E-state index contributed by atoms with van der Waals surface area (Å²) in [5.74, 6) is -0.315. The Morgan fingerprint density at radius 1 is 0.789 bits per heavy atom. The number of hydrogen-bond acceptors (Lipinski definition) is 1. The molecule has 0 saturated carbocycles. The topological polar surface area (TPSA) is 0 Å². The highest BCUT2D eigenvalue weighted by Crippen LogP contribution is 2.29. The SMILES string of the molecule is Fc1ccc(Sc2ccc(CC(F)(F)F)cc2)cc1. The zero-order valence-corrected chi connectivity index (χ0v) is 10.6. The molecule has 100 valence electrons. The zero-order chi connectivity index (χ0) is 13.9. The van der Waals surface area contributed by atoms with E-state index < -0.39 is 12.6 Å². The van der Waals surface area contributed by atoms with E-state index in [1.807, 2.05) is 0 Å². The molecule has 0 aliphatic rings. The van der Waals surface area contributed by atoms with Crippen LogP contribution in [0.15, 0.2) is 58.3 Å². The standard InChI is InChI=1S/C14H10F4S/c15-11-3-7-13(8-4-11)19-12-5-1-10(2-6-12)9-14(16,17)18/h1-8H,9H2. The van der Waals surface area contributed by atoms with Crippen LogP contribution in [-0.4, -0.2) is 6.18 Å². The van der Waals surface area contributed by atoms with Gasteiger partial charge in [-0.15, -0.1) is 0 Å². The lowest BCUT2D eigenvalue weighted by atomic mass is 10.1. The molecule has 0 atom stereocenters. The fraction of sp³-hybridized carbons (Fsp3) is 0.143. The molecule has 2 aromatic carbocycles. The number of benzene rings is 2. The third kappa shape index (κ3) is 4.59. The van der Waals surface area contributed by atoms with Crippen LogP contribution in [0.2, 0.25) is 0 Å². The van der Waals surface area contributed by atoms with Gasteiger partial charge in [0.15, 0.2) is 0 Å². The summed E-state index contributed by atoms with van der Waals surface area (Å²) in [6, 6.07) is 12.1. The Balaban J connectivity index is 2.04. The number of halogens is 4. The minimum atomic E-state index is -4.19. The van der Waals surface area contributed by atoms with Crippen LogP contribution >= 0.6 is 11.8 Å². The van der Waals surface area contributed by atoms with Gasteiger partial charge in [0.05, 0.1) is 6.42 Å². The summed E-state index contributed by atoms with van der Waals surface area (Å²) in [7, 11) is 0. The van der Waals surface area contributed by atoms with Crippen molar-refractivity contribution in [1.82, 2.24) is 0 Å². The highest BCUT2D eigenvalue weighted by molar-refractivity contribution is 7.99. The van der Waals surface area contributed by atoms with E-state index >= 15 is 0 Å². The van der Waals surface area contributed by atoms with Crippen LogP contribution < -0.4 is 0 Å². The van der Waals surface area contributed by atoms with Gasteiger partial charge in [0.1, 0.15) is 5.82 Å². The highest BCUT2D eigenvalue weighted by atomic mass is 32.2. The molecule has 19 heavy (non-hydrogen) atoms. The maximum Gasteiger partial charge on any atom is 0.393 e. The molecule has 0 radical (unpaired) electrons. The third-order valence-corrected chi connectivity index (χ3v) is 3.39. The van der Waals surface area contributed by atoms with Crippen LogP contribution in [0.25, 0.3) is 0 Å². The smallest absolute Gasteiger partial charge is 0.207 e. The Bertz CT molecular complexity index is 529. The van der Waals surface area contributed by atoms with Crippen molar-refractivity contribution in [3.8, 4) is 0 Å². The van der Waals surface area contributed by atoms with Gasteiger partial charge in [0.2, 0.25) is 0 Å². The lowest BCUT2D eigenvalue weighted by Crippen LogP contribution is -2.11. The van der Waals surface area contributed by atoms with E-state index in [4.69, 9.17) is 0 Å². The quantitative estimate of drug-likeness (QED) is 0.709. The van der Waals surface area contributed by atoms with Crippen molar-refractivity contribution in [3.05, 3.63) is 59.9 Å². The minimum absolute atomic E-state index is 0.232. The first-order valence-corrected chi connectivity index (χ1v) is 6.33. The number of alkyl halides is 3. The average molecular weight is 286 g/mol. The number of rotatable bonds is 3. The van der Waals surface area contributed by atoms with Crippen molar-refractivity contribution in [1.29, 1.82) is 0 Å². The second-order valence-electron chi connectivity index (χ2n) is 3.99. The third-order valence-electron chi connectivity index (χ3n) is 2.38. The molecule has 2 aromatic rings. The van der Waals surface area contributed by atoms with Gasteiger partial charge < -0.3 is 0 Å². The van der Waals surface area contributed by atoms with E-state index in [1.54, 1.807) is 24.3 Å². The van der Waals surface area contributed by atoms with Gasteiger partial charge in [-0.05, 0) is 42.0 Å². The maximum absolute atomic E-state index is 12.7. The Hall–Kier alpha value is -1.49. The lowest BCUT2D eigenvalue weighted by Gasteiger charge is -2.07. The summed E-state index contributed by atoms with van der Waals surface area (Å²) in [6.07, 6.45) is -5.11. The first-order chi connectivity index (χ1) is 8.92. The first kappa shape index (κ1) is 13.9. The van der Waals surface area contributed by atoms with Crippen LogP contribution in [-0.2, 0) is 6.42 Å². The molecule has 2 rings (SSSR count). The molecular formula is C14H10F4S. The van der Waals surface area contributed by atoms with E-state index in [-0.39, 0.29) is 11.4 Å². The molecule has 0 spiro atoms. The van der Waals surface area contributed by atoms with Crippen molar-refractivity contribution >= 4 is 11.8 Å². The summed E-state index contributed by atoms with van der Waals surface area (Å²) < 4.78 is 49.3. The molecule has 5 heteroatoms. The first-order valence-electron chi connectivity index (χ1n) is 5.51. The van der Waals surface area contributed by atoms with Gasteiger partial charge in [-0.3, -0.25) is 0 Å². The Kier molecular flexibility index (Phi) is 4.14. The molecule has 0 aromatic heterocycles. The molecule has 0 heterocycles. The molecule has 0 N–H and O–H groups in total. The van der Waals surface area contributed by atoms with Gasteiger partial charge in [0.25, 0.3) is 0 Å². The normalized spacial score (nSPS) is 11.6. The molecule has 0 fully saturated rings. The predicted molar refractivity (Wildman–Crippen MR) is 66.7 cm³/mol. The molecular weight excluding hydrogens is 276 g/mol. The predicted octanol–water partition coefficient (Wildman–Crippen LogP) is 5.08.